The van der Waals surface area contributed by atoms with Crippen molar-refractivity contribution in [2.75, 3.05) is 0 Å². The van der Waals surface area contributed by atoms with Gasteiger partial charge in [0.1, 0.15) is 11.5 Å². The molecular weight excluding hydrogens is 391 g/mol. The van der Waals surface area contributed by atoms with E-state index < -0.39 is 0 Å². The number of carbonyl (C=O) groups excluding carboxylic acids is 1. The minimum Gasteiger partial charge on any atom is -0.352 e. The molecule has 1 N–H and O–H groups in total. The van der Waals surface area contributed by atoms with Crippen molar-refractivity contribution in [2.45, 2.75) is 19.4 Å². The molecule has 0 aliphatic carbocycles. The first-order valence-corrected chi connectivity index (χ1v) is 9.88. The van der Waals surface area contributed by atoms with Crippen molar-refractivity contribution >= 4 is 22.2 Å². The fraction of sp³-hybridized carbons (Fsp3) is 0.143. The standard InChI is InChI=1S/C21H17FN4O2S/c22-16-8-6-15(7-9-16)12-23-19(27)11-17-13-29-21-24-20(28)18(25-26(17)21)10-14-4-2-1-3-5-14/h1-9,13H,10-12H2,(H,23,27). The summed E-state index contributed by atoms with van der Waals surface area (Å²) in [5, 5.41) is 9.03. The van der Waals surface area contributed by atoms with Gasteiger partial charge in [-0.3, -0.25) is 9.59 Å². The maximum Gasteiger partial charge on any atom is 0.296 e. The van der Waals surface area contributed by atoms with Gasteiger partial charge in [0.25, 0.3) is 5.56 Å². The molecule has 0 saturated heterocycles. The third-order valence-corrected chi connectivity index (χ3v) is 5.24. The molecule has 0 bridgehead atoms. The maximum absolute atomic E-state index is 13.0. The van der Waals surface area contributed by atoms with Crippen LogP contribution in [0.1, 0.15) is 22.5 Å². The number of nitrogens with one attached hydrogen (secondary N) is 1. The minimum absolute atomic E-state index is 0.101. The highest BCUT2D eigenvalue weighted by Crippen LogP contribution is 2.14. The van der Waals surface area contributed by atoms with Crippen LogP contribution in [0.3, 0.4) is 0 Å². The van der Waals surface area contributed by atoms with Gasteiger partial charge in [-0.15, -0.1) is 11.3 Å². The number of fused-ring (bicyclic) bond motifs is 1. The van der Waals surface area contributed by atoms with E-state index in [4.69, 9.17) is 0 Å². The van der Waals surface area contributed by atoms with Crippen LogP contribution in [-0.2, 0) is 24.2 Å². The van der Waals surface area contributed by atoms with Crippen LogP contribution in [-0.4, -0.2) is 20.5 Å². The summed E-state index contributed by atoms with van der Waals surface area (Å²) in [6.07, 6.45) is 0.477. The third-order valence-electron chi connectivity index (χ3n) is 4.38. The average Bonchev–Trinajstić information content (AvgIpc) is 3.10. The van der Waals surface area contributed by atoms with E-state index in [1.807, 2.05) is 30.3 Å². The van der Waals surface area contributed by atoms with Crippen LogP contribution in [0, 0.1) is 5.82 Å². The topological polar surface area (TPSA) is 76.4 Å². The second kappa shape index (κ2) is 8.32. The van der Waals surface area contributed by atoms with E-state index in [0.29, 0.717) is 29.3 Å². The largest absolute Gasteiger partial charge is 0.352 e. The van der Waals surface area contributed by atoms with Gasteiger partial charge in [-0.25, -0.2) is 8.91 Å². The number of hydrogen-bond acceptors (Lipinski definition) is 5. The summed E-state index contributed by atoms with van der Waals surface area (Å²) in [5.74, 6) is -0.511. The maximum atomic E-state index is 13.0. The fourth-order valence-corrected chi connectivity index (χ4v) is 3.70. The number of halogens is 1. The van der Waals surface area contributed by atoms with Crippen LogP contribution < -0.4 is 10.9 Å². The summed E-state index contributed by atoms with van der Waals surface area (Å²) in [4.78, 5) is 29.1. The number of carbonyl (C=O) groups is 1. The molecule has 0 radical (unpaired) electrons. The monoisotopic (exact) mass is 408 g/mol. The molecule has 0 unspecified atom stereocenters. The van der Waals surface area contributed by atoms with Crippen LogP contribution in [0.25, 0.3) is 4.96 Å². The zero-order valence-corrected chi connectivity index (χ0v) is 16.2. The van der Waals surface area contributed by atoms with Crippen molar-refractivity contribution in [3.8, 4) is 0 Å². The van der Waals surface area contributed by atoms with Gasteiger partial charge in [0.2, 0.25) is 10.9 Å². The van der Waals surface area contributed by atoms with Crippen LogP contribution in [0.2, 0.25) is 0 Å². The van der Waals surface area contributed by atoms with Crippen molar-refractivity contribution in [3.05, 3.63) is 98.7 Å². The molecule has 4 rings (SSSR count). The van der Waals surface area contributed by atoms with Crippen LogP contribution >= 0.6 is 11.3 Å². The summed E-state index contributed by atoms with van der Waals surface area (Å²) in [6, 6.07) is 15.5. The van der Waals surface area contributed by atoms with Gasteiger partial charge in [0.05, 0.1) is 12.1 Å². The molecule has 1 amide bonds. The third kappa shape index (κ3) is 4.55. The number of hydrogen-bond donors (Lipinski definition) is 1. The number of amides is 1. The molecule has 8 heteroatoms. The molecule has 29 heavy (non-hydrogen) atoms. The van der Waals surface area contributed by atoms with Crippen LogP contribution in [0.15, 0.2) is 64.8 Å². The summed E-state index contributed by atoms with van der Waals surface area (Å²) in [6.45, 7) is 0.307. The van der Waals surface area contributed by atoms with Gasteiger partial charge in [-0.1, -0.05) is 42.5 Å². The molecule has 4 aromatic rings. The lowest BCUT2D eigenvalue weighted by molar-refractivity contribution is -0.120. The van der Waals surface area contributed by atoms with Crippen molar-refractivity contribution < 1.29 is 9.18 Å². The lowest BCUT2D eigenvalue weighted by atomic mass is 10.1. The van der Waals surface area contributed by atoms with Gasteiger partial charge < -0.3 is 5.32 Å². The first-order chi connectivity index (χ1) is 14.1. The molecule has 2 heterocycles. The summed E-state index contributed by atoms with van der Waals surface area (Å²) >= 11 is 1.27. The Labute approximate surface area is 169 Å². The molecule has 0 fully saturated rings. The van der Waals surface area contributed by atoms with Gasteiger partial charge in [0.15, 0.2) is 0 Å². The molecule has 0 saturated carbocycles. The molecule has 6 nitrogen and oxygen atoms in total. The molecule has 2 aromatic heterocycles. The van der Waals surface area contributed by atoms with E-state index in [1.54, 1.807) is 22.0 Å². The number of nitrogens with zero attached hydrogens (tertiary/aromatic N) is 3. The van der Waals surface area contributed by atoms with Crippen LogP contribution in [0.4, 0.5) is 4.39 Å². The van der Waals surface area contributed by atoms with E-state index in [9.17, 15) is 14.0 Å². The number of thiazole rings is 1. The van der Waals surface area contributed by atoms with Gasteiger partial charge in [-0.2, -0.15) is 10.1 Å². The Morgan fingerprint density at radius 1 is 1.07 bits per heavy atom. The summed E-state index contributed by atoms with van der Waals surface area (Å²) in [5.41, 5.74) is 2.41. The second-order valence-electron chi connectivity index (χ2n) is 6.53. The Bertz CT molecular complexity index is 1200. The lowest BCUT2D eigenvalue weighted by Crippen LogP contribution is -2.26. The Morgan fingerprint density at radius 2 is 1.83 bits per heavy atom. The van der Waals surface area contributed by atoms with Crippen molar-refractivity contribution in [2.24, 2.45) is 0 Å². The quantitative estimate of drug-likeness (QED) is 0.532. The molecular formula is C21H17FN4O2S. The predicted molar refractivity (Wildman–Crippen MR) is 108 cm³/mol. The normalized spacial score (nSPS) is 10.9. The SMILES string of the molecule is O=C(Cc1csc2nc(=O)c(Cc3ccccc3)nn12)NCc1ccc(F)cc1. The predicted octanol–water partition coefficient (Wildman–Crippen LogP) is 2.74. The molecule has 0 aliphatic heterocycles. The first-order valence-electron chi connectivity index (χ1n) is 9.00. The molecule has 146 valence electrons. The zero-order chi connectivity index (χ0) is 20.2. The average molecular weight is 408 g/mol. The van der Waals surface area contributed by atoms with E-state index in [0.717, 1.165) is 11.1 Å². The van der Waals surface area contributed by atoms with E-state index in [1.165, 1.54) is 23.5 Å². The second-order valence-corrected chi connectivity index (χ2v) is 7.36. The van der Waals surface area contributed by atoms with Gasteiger partial charge in [-0.05, 0) is 23.3 Å². The smallest absolute Gasteiger partial charge is 0.296 e. The minimum atomic E-state index is -0.358. The van der Waals surface area contributed by atoms with E-state index >= 15 is 0 Å². The van der Waals surface area contributed by atoms with E-state index in [-0.39, 0.29) is 23.7 Å². The summed E-state index contributed by atoms with van der Waals surface area (Å²) in [7, 11) is 0. The molecule has 0 aliphatic rings. The van der Waals surface area contributed by atoms with Gasteiger partial charge >= 0.3 is 0 Å². The molecule has 2 aromatic carbocycles. The fourth-order valence-electron chi connectivity index (χ4n) is 2.89. The number of aromatic nitrogens is 3. The molecule has 0 atom stereocenters. The Hall–Kier alpha value is -3.39. The van der Waals surface area contributed by atoms with Gasteiger partial charge in [0, 0.05) is 18.3 Å². The van der Waals surface area contributed by atoms with Crippen molar-refractivity contribution in [1.29, 1.82) is 0 Å². The molecule has 0 spiro atoms. The lowest BCUT2D eigenvalue weighted by Gasteiger charge is -2.06. The highest BCUT2D eigenvalue weighted by Gasteiger charge is 2.13. The van der Waals surface area contributed by atoms with Crippen molar-refractivity contribution in [1.82, 2.24) is 19.9 Å². The zero-order valence-electron chi connectivity index (χ0n) is 15.3. The Balaban J connectivity index is 1.50. The summed E-state index contributed by atoms with van der Waals surface area (Å²) < 4.78 is 14.5. The first kappa shape index (κ1) is 18.9. The van der Waals surface area contributed by atoms with Crippen molar-refractivity contribution in [3.63, 3.8) is 0 Å². The van der Waals surface area contributed by atoms with E-state index in [2.05, 4.69) is 15.4 Å². The Kier molecular flexibility index (Phi) is 5.44. The highest BCUT2D eigenvalue weighted by atomic mass is 32.1. The Morgan fingerprint density at radius 3 is 2.59 bits per heavy atom. The number of rotatable bonds is 6. The van der Waals surface area contributed by atoms with Crippen LogP contribution in [0.5, 0.6) is 0 Å². The number of benzene rings is 2. The highest BCUT2D eigenvalue weighted by molar-refractivity contribution is 7.15.